The molecule has 2 aromatic carbocycles. The number of halogens is 1. The molecule has 0 bridgehead atoms. The average molecular weight is 378 g/mol. The van der Waals surface area contributed by atoms with Crippen LogP contribution < -0.4 is 20.9 Å². The lowest BCUT2D eigenvalue weighted by Crippen LogP contribution is -2.46. The molecule has 3 heteroatoms. The molecule has 0 aliphatic carbocycles. The van der Waals surface area contributed by atoms with Crippen molar-refractivity contribution in [1.29, 1.82) is 0 Å². The molecule has 0 aliphatic heterocycles. The summed E-state index contributed by atoms with van der Waals surface area (Å²) < 4.78 is 7.08. The smallest absolute Gasteiger partial charge is 0.227 e. The van der Waals surface area contributed by atoms with Gasteiger partial charge in [-0.1, -0.05) is 66.5 Å². The van der Waals surface area contributed by atoms with Crippen molar-refractivity contribution in [3.8, 4) is 11.5 Å². The number of fused-ring (bicyclic) bond motifs is 1. The van der Waals surface area contributed by atoms with E-state index in [0.717, 1.165) is 36.4 Å². The van der Waals surface area contributed by atoms with Gasteiger partial charge in [0.25, 0.3) is 0 Å². The van der Waals surface area contributed by atoms with Gasteiger partial charge in [0.15, 0.2) is 5.58 Å². The number of rotatable bonds is 3. The van der Waals surface area contributed by atoms with E-state index in [0.29, 0.717) is 11.5 Å². The Balaban J connectivity index is 2.50. The van der Waals surface area contributed by atoms with E-state index in [2.05, 4.69) is 42.2 Å². The molecule has 0 unspecified atom stereocenters. The summed E-state index contributed by atoms with van der Waals surface area (Å²) in [4.78, 5) is 4.69. The van der Waals surface area contributed by atoms with E-state index in [9.17, 15) is 0 Å². The van der Waals surface area contributed by atoms with Crippen molar-refractivity contribution in [3.63, 3.8) is 0 Å². The zero-order valence-electron chi connectivity index (χ0n) is 13.2. The topological polar surface area (TPSA) is 26.0 Å². The molecule has 118 valence electrons. The zero-order valence-corrected chi connectivity index (χ0v) is 14.8. The second-order valence-electron chi connectivity index (χ2n) is 5.29. The number of oxazole rings is 1. The monoisotopic (exact) mass is 377 g/mol. The average Bonchev–Trinajstić information content (AvgIpc) is 3.01. The van der Waals surface area contributed by atoms with Crippen LogP contribution in [0.3, 0.4) is 0 Å². The van der Waals surface area contributed by atoms with Crippen molar-refractivity contribution in [2.75, 3.05) is 0 Å². The lowest BCUT2D eigenvalue weighted by atomic mass is 10.1. The number of hydrogen-bond acceptors (Lipinski definition) is 2. The predicted molar refractivity (Wildman–Crippen MR) is 106 cm³/mol. The molecule has 0 saturated carbocycles. The minimum Gasteiger partial charge on any atom is -0.435 e. The quantitative estimate of drug-likeness (QED) is 0.701. The van der Waals surface area contributed by atoms with E-state index in [-0.39, 0.29) is 0 Å². The molecule has 1 heterocycles. The van der Waals surface area contributed by atoms with E-state index >= 15 is 0 Å². The number of allylic oxidation sites excluding steroid dienone is 2. The summed E-state index contributed by atoms with van der Waals surface area (Å²) in [5, 5.41) is 3.33. The lowest BCUT2D eigenvalue weighted by molar-refractivity contribution is 0.617. The van der Waals surface area contributed by atoms with Gasteiger partial charge in [0.1, 0.15) is 5.52 Å². The molecule has 0 fully saturated rings. The van der Waals surface area contributed by atoms with Gasteiger partial charge >= 0.3 is 0 Å². The molecule has 1 aromatic heterocycles. The highest BCUT2D eigenvalue weighted by atomic mass is 79.9. The molecule has 0 radical (unpaired) electrons. The Morgan fingerprint density at radius 3 is 2.12 bits per heavy atom. The Morgan fingerprint density at radius 1 is 0.917 bits per heavy atom. The van der Waals surface area contributed by atoms with Crippen molar-refractivity contribution in [2.24, 2.45) is 0 Å². The fourth-order valence-electron chi connectivity index (χ4n) is 2.60. The van der Waals surface area contributed by atoms with Crippen molar-refractivity contribution in [3.05, 3.63) is 74.9 Å². The van der Waals surface area contributed by atoms with E-state index in [1.807, 2.05) is 36.4 Å². The lowest BCUT2D eigenvalue weighted by Gasteiger charge is -1.95. The van der Waals surface area contributed by atoms with Crippen LogP contribution in [0.4, 0.5) is 0 Å². The number of aromatic nitrogens is 1. The highest BCUT2D eigenvalue weighted by Gasteiger charge is 2.11. The molecule has 3 aromatic rings. The van der Waals surface area contributed by atoms with Gasteiger partial charge in [0, 0.05) is 20.5 Å². The van der Waals surface area contributed by atoms with Gasteiger partial charge in [-0.2, -0.15) is 0 Å². The van der Waals surface area contributed by atoms with Gasteiger partial charge in [-0.15, -0.1) is 0 Å². The van der Waals surface area contributed by atoms with Crippen LogP contribution in [-0.4, -0.2) is 4.98 Å². The van der Waals surface area contributed by atoms with E-state index in [1.54, 1.807) is 12.2 Å². The van der Waals surface area contributed by atoms with Crippen LogP contribution in [0.15, 0.2) is 58.5 Å². The summed E-state index contributed by atoms with van der Waals surface area (Å²) in [6.45, 7) is 15.8. The number of hydrogen-bond donors (Lipinski definition) is 0. The zero-order chi connectivity index (χ0) is 17.3. The van der Waals surface area contributed by atoms with Gasteiger partial charge in [-0.3, -0.25) is 0 Å². The minimum absolute atomic E-state index is 0.555. The summed E-state index contributed by atoms with van der Waals surface area (Å²) in [6.07, 6.45) is 7.17. The first-order chi connectivity index (χ1) is 11.6. The van der Waals surface area contributed by atoms with Crippen molar-refractivity contribution in [2.45, 2.75) is 0 Å². The first-order valence-electron chi connectivity index (χ1n) is 7.38. The highest BCUT2D eigenvalue weighted by molar-refractivity contribution is 9.10. The first kappa shape index (κ1) is 16.2. The van der Waals surface area contributed by atoms with Gasteiger partial charge in [-0.25, -0.2) is 4.98 Å². The van der Waals surface area contributed by atoms with E-state index < -0.39 is 0 Å². The van der Waals surface area contributed by atoms with Crippen LogP contribution in [0.25, 0.3) is 47.9 Å². The van der Waals surface area contributed by atoms with Crippen LogP contribution in [0.2, 0.25) is 0 Å². The first-order valence-corrected chi connectivity index (χ1v) is 8.18. The van der Waals surface area contributed by atoms with Crippen LogP contribution in [-0.2, 0) is 0 Å². The van der Waals surface area contributed by atoms with Crippen molar-refractivity contribution in [1.82, 2.24) is 4.98 Å². The SMILES string of the molecule is C=C/C=c1\c(=C)c(=C)/c(=C\C=C)c2oc(-c3ccc(Br)cc3)nc12. The molecule has 0 atom stereocenters. The predicted octanol–water partition coefficient (Wildman–Crippen LogP) is 3.01. The molecule has 2 nitrogen and oxygen atoms in total. The van der Waals surface area contributed by atoms with Gasteiger partial charge in [-0.05, 0) is 34.7 Å². The summed E-state index contributed by atoms with van der Waals surface area (Å²) in [5.74, 6) is 0.555. The highest BCUT2D eigenvalue weighted by Crippen LogP contribution is 2.22. The van der Waals surface area contributed by atoms with Gasteiger partial charge in [0.05, 0.1) is 0 Å². The molecule has 3 rings (SSSR count). The third kappa shape index (κ3) is 2.68. The molecule has 0 N–H and O–H groups in total. The summed E-state index contributed by atoms with van der Waals surface area (Å²) >= 11 is 3.44. The maximum atomic E-state index is 6.07. The molecular weight excluding hydrogens is 362 g/mol. The second-order valence-corrected chi connectivity index (χ2v) is 6.21. The second kappa shape index (κ2) is 6.46. The van der Waals surface area contributed by atoms with E-state index in [1.165, 1.54) is 0 Å². The molecule has 0 spiro atoms. The standard InChI is InChI=1S/C21H16BrNO/c1-5-7-17-13(3)14(4)18(8-6-2)20-19(17)23-21(24-20)15-9-11-16(22)12-10-15/h5-12H,1-4H2/b17-7+,18-8+. The third-order valence-electron chi connectivity index (χ3n) is 3.80. The summed E-state index contributed by atoms with van der Waals surface area (Å²) in [5.41, 5.74) is 2.33. The minimum atomic E-state index is 0.555. The number of nitrogens with zero attached hydrogens (tertiary/aromatic N) is 1. The Kier molecular flexibility index (Phi) is 4.36. The maximum absolute atomic E-state index is 6.07. The Bertz CT molecular complexity index is 1100. The fraction of sp³-hybridized carbons (Fsp3) is 0. The van der Waals surface area contributed by atoms with Crippen LogP contribution in [0, 0.1) is 0 Å². The molecular formula is C21H16BrNO. The third-order valence-corrected chi connectivity index (χ3v) is 4.33. The van der Waals surface area contributed by atoms with Gasteiger partial charge in [0.2, 0.25) is 5.89 Å². The van der Waals surface area contributed by atoms with Crippen LogP contribution in [0.1, 0.15) is 0 Å². The molecule has 0 aliphatic rings. The van der Waals surface area contributed by atoms with Crippen LogP contribution in [0.5, 0.6) is 0 Å². The molecule has 24 heavy (non-hydrogen) atoms. The normalized spacial score (nSPS) is 12.7. The number of benzene rings is 2. The summed E-state index contributed by atoms with van der Waals surface area (Å²) in [7, 11) is 0. The largest absolute Gasteiger partial charge is 0.435 e. The van der Waals surface area contributed by atoms with Crippen LogP contribution >= 0.6 is 15.9 Å². The van der Waals surface area contributed by atoms with E-state index in [4.69, 9.17) is 9.40 Å². The van der Waals surface area contributed by atoms with Crippen molar-refractivity contribution < 1.29 is 4.42 Å². The maximum Gasteiger partial charge on any atom is 0.227 e. The van der Waals surface area contributed by atoms with Crippen molar-refractivity contribution >= 4 is 52.3 Å². The van der Waals surface area contributed by atoms with Gasteiger partial charge < -0.3 is 4.42 Å². The Hall–Kier alpha value is -2.65. The Morgan fingerprint density at radius 2 is 1.50 bits per heavy atom. The Labute approximate surface area is 148 Å². The summed E-state index contributed by atoms with van der Waals surface area (Å²) in [6, 6.07) is 7.83. The fourth-order valence-corrected chi connectivity index (χ4v) is 2.86. The molecule has 0 amide bonds. The molecule has 0 saturated heterocycles.